The number of rotatable bonds is 5. The number of nitrogens with zero attached hydrogens (tertiary/aromatic N) is 3. The molecular formula is C19H28IN5. The van der Waals surface area contributed by atoms with Crippen LogP contribution in [0.5, 0.6) is 0 Å². The summed E-state index contributed by atoms with van der Waals surface area (Å²) in [5.41, 5.74) is 8.37. The molecule has 1 fully saturated rings. The van der Waals surface area contributed by atoms with Crippen molar-refractivity contribution in [1.82, 2.24) is 15.1 Å². The molecule has 1 aromatic carbocycles. The summed E-state index contributed by atoms with van der Waals surface area (Å²) >= 11 is 0. The maximum Gasteiger partial charge on any atom is 0.188 e. The van der Waals surface area contributed by atoms with Crippen LogP contribution in [-0.2, 0) is 6.42 Å². The molecule has 3 rings (SSSR count). The predicted octanol–water partition coefficient (Wildman–Crippen LogP) is 3.66. The number of benzene rings is 1. The van der Waals surface area contributed by atoms with Gasteiger partial charge < -0.3 is 11.1 Å². The Morgan fingerprint density at radius 2 is 1.88 bits per heavy atom. The van der Waals surface area contributed by atoms with Crippen LogP contribution in [0.15, 0.2) is 47.7 Å². The lowest BCUT2D eigenvalue weighted by molar-refractivity contribution is 0.530. The van der Waals surface area contributed by atoms with Crippen molar-refractivity contribution < 1.29 is 0 Å². The SMILES string of the molecule is I.NC(=NCCc1ccc(-n2cccn2)cc1)NC1CCCCCC1. The Labute approximate surface area is 167 Å². The first-order chi connectivity index (χ1) is 11.8. The molecule has 0 amide bonds. The van der Waals surface area contributed by atoms with Crippen LogP contribution in [0.2, 0.25) is 0 Å². The first-order valence-electron chi connectivity index (χ1n) is 8.97. The van der Waals surface area contributed by atoms with E-state index in [9.17, 15) is 0 Å². The van der Waals surface area contributed by atoms with Gasteiger partial charge in [0, 0.05) is 25.0 Å². The number of nitrogens with one attached hydrogen (secondary N) is 1. The molecule has 0 atom stereocenters. The largest absolute Gasteiger partial charge is 0.370 e. The number of nitrogens with two attached hydrogens (primary N) is 1. The van der Waals surface area contributed by atoms with Crippen LogP contribution >= 0.6 is 24.0 Å². The summed E-state index contributed by atoms with van der Waals surface area (Å²) in [6.07, 6.45) is 12.4. The fraction of sp³-hybridized carbons (Fsp3) is 0.474. The number of aromatic nitrogens is 2. The van der Waals surface area contributed by atoms with E-state index in [1.807, 2.05) is 16.9 Å². The third kappa shape index (κ3) is 6.34. The molecule has 1 heterocycles. The molecule has 0 radical (unpaired) electrons. The zero-order valence-corrected chi connectivity index (χ0v) is 16.9. The second kappa shape index (κ2) is 10.4. The first-order valence-corrected chi connectivity index (χ1v) is 8.97. The molecule has 0 saturated heterocycles. The maximum atomic E-state index is 6.04. The van der Waals surface area contributed by atoms with Crippen molar-refractivity contribution in [2.24, 2.45) is 10.7 Å². The predicted molar refractivity (Wildman–Crippen MR) is 114 cm³/mol. The topological polar surface area (TPSA) is 68.2 Å². The van der Waals surface area contributed by atoms with Crippen molar-refractivity contribution in [3.05, 3.63) is 48.3 Å². The Morgan fingerprint density at radius 1 is 1.16 bits per heavy atom. The van der Waals surface area contributed by atoms with Gasteiger partial charge >= 0.3 is 0 Å². The molecule has 136 valence electrons. The zero-order valence-electron chi connectivity index (χ0n) is 14.6. The van der Waals surface area contributed by atoms with Crippen molar-refractivity contribution in [1.29, 1.82) is 0 Å². The Hall–Kier alpha value is -1.57. The van der Waals surface area contributed by atoms with E-state index in [2.05, 4.69) is 39.7 Å². The monoisotopic (exact) mass is 453 g/mol. The number of guanidine groups is 1. The summed E-state index contributed by atoms with van der Waals surface area (Å²) < 4.78 is 1.86. The molecular weight excluding hydrogens is 425 g/mol. The first kappa shape index (κ1) is 19.8. The fourth-order valence-electron chi connectivity index (χ4n) is 3.22. The van der Waals surface area contributed by atoms with Gasteiger partial charge in [-0.05, 0) is 43.0 Å². The smallest absolute Gasteiger partial charge is 0.188 e. The molecule has 2 aromatic rings. The molecule has 0 bridgehead atoms. The second-order valence-corrected chi connectivity index (χ2v) is 6.47. The summed E-state index contributed by atoms with van der Waals surface area (Å²) in [5.74, 6) is 0.593. The summed E-state index contributed by atoms with van der Waals surface area (Å²) in [6.45, 7) is 0.715. The summed E-state index contributed by atoms with van der Waals surface area (Å²) in [7, 11) is 0. The van der Waals surface area contributed by atoms with Gasteiger partial charge in [-0.25, -0.2) is 4.68 Å². The van der Waals surface area contributed by atoms with Crippen molar-refractivity contribution in [3.8, 4) is 5.69 Å². The Kier molecular flexibility index (Phi) is 8.24. The number of halogens is 1. The molecule has 25 heavy (non-hydrogen) atoms. The van der Waals surface area contributed by atoms with Crippen molar-refractivity contribution >= 4 is 29.9 Å². The van der Waals surface area contributed by atoms with Gasteiger partial charge in [0.15, 0.2) is 5.96 Å². The number of hydrogen-bond donors (Lipinski definition) is 2. The lowest BCUT2D eigenvalue weighted by Crippen LogP contribution is -2.40. The molecule has 0 aliphatic heterocycles. The zero-order chi connectivity index (χ0) is 16.6. The van der Waals surface area contributed by atoms with E-state index in [0.29, 0.717) is 18.5 Å². The van der Waals surface area contributed by atoms with Crippen molar-refractivity contribution in [2.75, 3.05) is 6.54 Å². The van der Waals surface area contributed by atoms with Crippen LogP contribution in [-0.4, -0.2) is 28.3 Å². The molecule has 0 spiro atoms. The molecule has 6 heteroatoms. The molecule has 1 saturated carbocycles. The van der Waals surface area contributed by atoms with Crippen LogP contribution in [0, 0.1) is 0 Å². The van der Waals surface area contributed by atoms with Gasteiger partial charge in [-0.2, -0.15) is 5.10 Å². The molecule has 3 N–H and O–H groups in total. The van der Waals surface area contributed by atoms with Gasteiger partial charge in [-0.3, -0.25) is 4.99 Å². The lowest BCUT2D eigenvalue weighted by atomic mass is 10.1. The molecule has 0 unspecified atom stereocenters. The van der Waals surface area contributed by atoms with Gasteiger partial charge in [0.25, 0.3) is 0 Å². The van der Waals surface area contributed by atoms with Gasteiger partial charge in [-0.15, -0.1) is 24.0 Å². The Bertz CT molecular complexity index is 628. The number of aliphatic imine (C=N–C) groups is 1. The highest BCUT2D eigenvalue weighted by atomic mass is 127. The van der Waals surface area contributed by atoms with Crippen LogP contribution in [0.25, 0.3) is 5.69 Å². The van der Waals surface area contributed by atoms with Gasteiger partial charge in [0.2, 0.25) is 0 Å². The minimum atomic E-state index is 0. The summed E-state index contributed by atoms with van der Waals surface area (Å²) in [5, 5.41) is 7.62. The average molecular weight is 453 g/mol. The van der Waals surface area contributed by atoms with E-state index >= 15 is 0 Å². The summed E-state index contributed by atoms with van der Waals surface area (Å²) in [6, 6.07) is 10.8. The van der Waals surface area contributed by atoms with Gasteiger partial charge in [0.1, 0.15) is 0 Å². The quantitative estimate of drug-likeness (QED) is 0.314. The van der Waals surface area contributed by atoms with Crippen LogP contribution in [0.3, 0.4) is 0 Å². The molecule has 5 nitrogen and oxygen atoms in total. The minimum absolute atomic E-state index is 0. The average Bonchev–Trinajstić information content (AvgIpc) is 3.01. The third-order valence-electron chi connectivity index (χ3n) is 4.60. The van der Waals surface area contributed by atoms with Gasteiger partial charge in [0.05, 0.1) is 5.69 Å². The highest BCUT2D eigenvalue weighted by molar-refractivity contribution is 14.0. The van der Waals surface area contributed by atoms with Gasteiger partial charge in [-0.1, -0.05) is 37.8 Å². The normalized spacial score (nSPS) is 16.1. The van der Waals surface area contributed by atoms with Crippen molar-refractivity contribution in [2.45, 2.75) is 51.0 Å². The number of hydrogen-bond acceptors (Lipinski definition) is 2. The Morgan fingerprint density at radius 3 is 2.52 bits per heavy atom. The highest BCUT2D eigenvalue weighted by Crippen LogP contribution is 2.17. The van der Waals surface area contributed by atoms with E-state index in [4.69, 9.17) is 5.73 Å². The standard InChI is InChI=1S/C19H27N5.HI/c20-19(23-17-6-3-1-2-4-7-17)21-14-12-16-8-10-18(11-9-16)24-15-5-13-22-24;/h5,8-11,13,15,17H,1-4,6-7,12,14H2,(H3,20,21,23);1H. The highest BCUT2D eigenvalue weighted by Gasteiger charge is 2.12. The fourth-order valence-corrected chi connectivity index (χ4v) is 3.22. The van der Waals surface area contributed by atoms with E-state index in [1.54, 1.807) is 6.20 Å². The van der Waals surface area contributed by atoms with E-state index in [1.165, 1.54) is 44.1 Å². The Balaban J connectivity index is 0.00000225. The van der Waals surface area contributed by atoms with E-state index in [-0.39, 0.29) is 24.0 Å². The molecule has 1 aliphatic rings. The van der Waals surface area contributed by atoms with Crippen LogP contribution in [0.4, 0.5) is 0 Å². The maximum absolute atomic E-state index is 6.04. The minimum Gasteiger partial charge on any atom is -0.370 e. The third-order valence-corrected chi connectivity index (χ3v) is 4.60. The van der Waals surface area contributed by atoms with E-state index in [0.717, 1.165) is 12.1 Å². The van der Waals surface area contributed by atoms with Crippen molar-refractivity contribution in [3.63, 3.8) is 0 Å². The van der Waals surface area contributed by atoms with Crippen LogP contribution < -0.4 is 11.1 Å². The molecule has 1 aliphatic carbocycles. The van der Waals surface area contributed by atoms with E-state index < -0.39 is 0 Å². The second-order valence-electron chi connectivity index (χ2n) is 6.47. The molecule has 1 aromatic heterocycles. The summed E-state index contributed by atoms with van der Waals surface area (Å²) in [4.78, 5) is 4.48. The lowest BCUT2D eigenvalue weighted by Gasteiger charge is -2.16. The van der Waals surface area contributed by atoms with Crippen LogP contribution in [0.1, 0.15) is 44.1 Å².